The van der Waals surface area contributed by atoms with Crippen molar-refractivity contribution in [2.24, 2.45) is 0 Å². The van der Waals surface area contributed by atoms with Gasteiger partial charge in [0.25, 0.3) is 0 Å². The standard InChI is InChI=1S/C11H15O4P/c1-2-15-16(13,14)11(9-12)8-10-6-4-3-5-7-10/h3-7,9,11H,2,8H2,1H3,(H,13,14). The lowest BCUT2D eigenvalue weighted by molar-refractivity contribution is -0.107. The normalized spacial score (nSPS) is 16.4. The lowest BCUT2D eigenvalue weighted by Gasteiger charge is -2.17. The minimum Gasteiger partial charge on any atom is -0.324 e. The monoisotopic (exact) mass is 242 g/mol. The summed E-state index contributed by atoms with van der Waals surface area (Å²) in [5.74, 6) is 0. The van der Waals surface area contributed by atoms with Gasteiger partial charge < -0.3 is 14.2 Å². The maximum Gasteiger partial charge on any atom is 0.338 e. The van der Waals surface area contributed by atoms with Crippen LogP contribution in [0.25, 0.3) is 0 Å². The van der Waals surface area contributed by atoms with E-state index in [-0.39, 0.29) is 13.0 Å². The van der Waals surface area contributed by atoms with E-state index in [0.717, 1.165) is 5.56 Å². The van der Waals surface area contributed by atoms with Crippen LogP contribution >= 0.6 is 7.60 Å². The zero-order chi connectivity index (χ0) is 12.0. The summed E-state index contributed by atoms with van der Waals surface area (Å²) in [7, 11) is -3.84. The first-order valence-electron chi connectivity index (χ1n) is 5.06. The van der Waals surface area contributed by atoms with Crippen LogP contribution in [-0.2, 0) is 20.3 Å². The van der Waals surface area contributed by atoms with E-state index in [2.05, 4.69) is 0 Å². The van der Waals surface area contributed by atoms with Gasteiger partial charge in [-0.05, 0) is 18.9 Å². The molecular weight excluding hydrogens is 227 g/mol. The van der Waals surface area contributed by atoms with Gasteiger partial charge in [-0.25, -0.2) is 0 Å². The zero-order valence-corrected chi connectivity index (χ0v) is 9.97. The van der Waals surface area contributed by atoms with Crippen molar-refractivity contribution in [2.45, 2.75) is 19.0 Å². The molecule has 1 aromatic rings. The van der Waals surface area contributed by atoms with E-state index in [1.54, 1.807) is 6.92 Å². The molecule has 2 unspecified atom stereocenters. The highest BCUT2D eigenvalue weighted by atomic mass is 31.2. The second-order valence-electron chi connectivity index (χ2n) is 3.38. The number of hydrogen-bond acceptors (Lipinski definition) is 3. The average Bonchev–Trinajstić information content (AvgIpc) is 2.27. The lowest BCUT2D eigenvalue weighted by Crippen LogP contribution is -2.15. The molecule has 1 rings (SSSR count). The smallest absolute Gasteiger partial charge is 0.324 e. The van der Waals surface area contributed by atoms with Crippen LogP contribution in [0.3, 0.4) is 0 Å². The van der Waals surface area contributed by atoms with Crippen LogP contribution in [-0.4, -0.2) is 23.4 Å². The van der Waals surface area contributed by atoms with Gasteiger partial charge in [0, 0.05) is 0 Å². The summed E-state index contributed by atoms with van der Waals surface area (Å²) >= 11 is 0. The zero-order valence-electron chi connectivity index (χ0n) is 9.07. The first kappa shape index (κ1) is 13.1. The number of carbonyl (C=O) groups excluding carboxylic acids is 1. The molecule has 0 spiro atoms. The molecule has 16 heavy (non-hydrogen) atoms. The van der Waals surface area contributed by atoms with Gasteiger partial charge in [0.1, 0.15) is 11.9 Å². The molecule has 0 aliphatic rings. The molecule has 0 aliphatic heterocycles. The van der Waals surface area contributed by atoms with E-state index in [9.17, 15) is 14.3 Å². The molecule has 0 bridgehead atoms. The van der Waals surface area contributed by atoms with E-state index in [1.165, 1.54) is 0 Å². The molecule has 0 saturated carbocycles. The van der Waals surface area contributed by atoms with Crippen LogP contribution < -0.4 is 0 Å². The maximum atomic E-state index is 11.7. The molecule has 1 N–H and O–H groups in total. The van der Waals surface area contributed by atoms with Crippen molar-refractivity contribution >= 4 is 13.9 Å². The molecule has 0 fully saturated rings. The molecule has 0 saturated heterocycles. The third-order valence-corrected chi connectivity index (χ3v) is 3.95. The molecule has 4 nitrogen and oxygen atoms in total. The van der Waals surface area contributed by atoms with Crippen molar-refractivity contribution in [1.82, 2.24) is 0 Å². The Bertz CT molecular complexity index is 377. The van der Waals surface area contributed by atoms with Gasteiger partial charge in [0.15, 0.2) is 0 Å². The van der Waals surface area contributed by atoms with Crippen LogP contribution in [0.4, 0.5) is 0 Å². The SMILES string of the molecule is CCOP(=O)(O)C(C=O)Cc1ccccc1. The predicted octanol–water partition coefficient (Wildman–Crippen LogP) is 2.02. The first-order valence-corrected chi connectivity index (χ1v) is 6.71. The second kappa shape index (κ2) is 5.94. The topological polar surface area (TPSA) is 63.6 Å². The minimum absolute atomic E-state index is 0.118. The van der Waals surface area contributed by atoms with Crippen molar-refractivity contribution in [3.05, 3.63) is 35.9 Å². The second-order valence-corrected chi connectivity index (χ2v) is 5.42. The summed E-state index contributed by atoms with van der Waals surface area (Å²) in [6.45, 7) is 1.74. The van der Waals surface area contributed by atoms with Crippen molar-refractivity contribution in [3.8, 4) is 0 Å². The highest BCUT2D eigenvalue weighted by Gasteiger charge is 2.31. The van der Waals surface area contributed by atoms with E-state index >= 15 is 0 Å². The molecule has 1 aromatic carbocycles. The molecular formula is C11H15O4P. The molecule has 2 atom stereocenters. The summed E-state index contributed by atoms with van der Waals surface area (Å²) < 4.78 is 16.4. The Morgan fingerprint density at radius 3 is 2.56 bits per heavy atom. The van der Waals surface area contributed by atoms with E-state index < -0.39 is 13.3 Å². The van der Waals surface area contributed by atoms with Gasteiger partial charge in [0.2, 0.25) is 0 Å². The molecule has 0 aromatic heterocycles. The van der Waals surface area contributed by atoms with Crippen LogP contribution in [0.2, 0.25) is 0 Å². The molecule has 5 heteroatoms. The average molecular weight is 242 g/mol. The number of hydrogen-bond donors (Lipinski definition) is 1. The Morgan fingerprint density at radius 1 is 1.44 bits per heavy atom. The van der Waals surface area contributed by atoms with Gasteiger partial charge in [-0.3, -0.25) is 4.57 Å². The Labute approximate surface area is 94.8 Å². The fourth-order valence-electron chi connectivity index (χ4n) is 1.38. The highest BCUT2D eigenvalue weighted by molar-refractivity contribution is 7.54. The van der Waals surface area contributed by atoms with Gasteiger partial charge in [-0.1, -0.05) is 30.3 Å². The lowest BCUT2D eigenvalue weighted by atomic mass is 10.1. The summed E-state index contributed by atoms with van der Waals surface area (Å²) in [5, 5.41) is 0. The van der Waals surface area contributed by atoms with E-state index in [0.29, 0.717) is 6.29 Å². The first-order chi connectivity index (χ1) is 7.60. The number of rotatable bonds is 6. The van der Waals surface area contributed by atoms with Crippen LogP contribution in [0.5, 0.6) is 0 Å². The van der Waals surface area contributed by atoms with Crippen molar-refractivity contribution < 1.29 is 18.8 Å². The quantitative estimate of drug-likeness (QED) is 0.612. The largest absolute Gasteiger partial charge is 0.338 e. The fourth-order valence-corrected chi connectivity index (χ4v) is 2.53. The Balaban J connectivity index is 2.77. The van der Waals surface area contributed by atoms with Crippen molar-refractivity contribution in [3.63, 3.8) is 0 Å². The third-order valence-electron chi connectivity index (χ3n) is 2.18. The molecule has 0 radical (unpaired) electrons. The maximum absolute atomic E-state index is 11.7. The van der Waals surface area contributed by atoms with E-state index in [1.807, 2.05) is 30.3 Å². The summed E-state index contributed by atoms with van der Waals surface area (Å²) in [5.41, 5.74) is -0.150. The predicted molar refractivity (Wildman–Crippen MR) is 61.4 cm³/mol. The molecule has 0 heterocycles. The minimum atomic E-state index is -3.84. The fraction of sp³-hybridized carbons (Fsp3) is 0.364. The van der Waals surface area contributed by atoms with Crippen LogP contribution in [0.1, 0.15) is 12.5 Å². The number of aldehydes is 1. The molecule has 0 amide bonds. The van der Waals surface area contributed by atoms with Crippen molar-refractivity contribution in [1.29, 1.82) is 0 Å². The summed E-state index contributed by atoms with van der Waals surface area (Å²) in [6.07, 6.45) is 0.710. The van der Waals surface area contributed by atoms with Crippen LogP contribution in [0.15, 0.2) is 30.3 Å². The highest BCUT2D eigenvalue weighted by Crippen LogP contribution is 2.47. The third kappa shape index (κ3) is 3.56. The van der Waals surface area contributed by atoms with Gasteiger partial charge in [0.05, 0.1) is 6.61 Å². The Morgan fingerprint density at radius 2 is 2.06 bits per heavy atom. The van der Waals surface area contributed by atoms with E-state index in [4.69, 9.17) is 4.52 Å². The van der Waals surface area contributed by atoms with Crippen molar-refractivity contribution in [2.75, 3.05) is 6.61 Å². The molecule has 88 valence electrons. The number of benzene rings is 1. The Kier molecular flexibility index (Phi) is 4.87. The molecule has 0 aliphatic carbocycles. The summed E-state index contributed by atoms with van der Waals surface area (Å²) in [4.78, 5) is 20.4. The van der Waals surface area contributed by atoms with Gasteiger partial charge in [-0.2, -0.15) is 0 Å². The Hall–Kier alpha value is -0.960. The van der Waals surface area contributed by atoms with Gasteiger partial charge >= 0.3 is 7.60 Å². The van der Waals surface area contributed by atoms with Crippen LogP contribution in [0, 0.1) is 0 Å². The summed E-state index contributed by atoms with van der Waals surface area (Å²) in [6, 6.07) is 9.10. The number of carbonyl (C=O) groups is 1. The van der Waals surface area contributed by atoms with Gasteiger partial charge in [-0.15, -0.1) is 0 Å².